The summed E-state index contributed by atoms with van der Waals surface area (Å²) in [6.07, 6.45) is 1.05. The molecule has 0 unspecified atom stereocenters. The third-order valence-electron chi connectivity index (χ3n) is 6.46. The molecule has 0 fully saturated rings. The highest BCUT2D eigenvalue weighted by Crippen LogP contribution is 2.48. The van der Waals surface area contributed by atoms with Crippen molar-refractivity contribution in [1.29, 1.82) is 0 Å². The molecule has 0 spiro atoms. The lowest BCUT2D eigenvalue weighted by molar-refractivity contribution is 0.497. The summed E-state index contributed by atoms with van der Waals surface area (Å²) in [4.78, 5) is 0. The third-order valence-corrected chi connectivity index (χ3v) is 6.46. The van der Waals surface area contributed by atoms with Crippen molar-refractivity contribution in [2.75, 3.05) is 0 Å². The smallest absolute Gasteiger partial charge is 0.00435 e. The van der Waals surface area contributed by atoms with Gasteiger partial charge in [-0.1, -0.05) is 97.1 Å². The van der Waals surface area contributed by atoms with Crippen molar-refractivity contribution in [2.45, 2.75) is 61.8 Å². The van der Waals surface area contributed by atoms with Crippen LogP contribution in [0, 0.1) is 33.1 Å². The van der Waals surface area contributed by atoms with E-state index in [1.54, 1.807) is 5.57 Å². The van der Waals surface area contributed by atoms with E-state index < -0.39 is 0 Å². The Hall–Kier alpha value is -2.60. The molecular weight excluding hydrogens is 360 g/mol. The highest BCUT2D eigenvalue weighted by Gasteiger charge is 2.31. The van der Waals surface area contributed by atoms with Gasteiger partial charge in [0.25, 0.3) is 0 Å². The van der Waals surface area contributed by atoms with E-state index in [9.17, 15) is 0 Å². The van der Waals surface area contributed by atoms with Crippen molar-refractivity contribution in [2.24, 2.45) is 5.41 Å². The molecule has 3 aromatic rings. The van der Waals surface area contributed by atoms with E-state index in [-0.39, 0.29) is 5.41 Å². The molecule has 0 saturated carbocycles. The van der Waals surface area contributed by atoms with Gasteiger partial charge >= 0.3 is 0 Å². The van der Waals surface area contributed by atoms with E-state index in [1.165, 1.54) is 61.2 Å². The summed E-state index contributed by atoms with van der Waals surface area (Å²) in [7, 11) is 0. The van der Waals surface area contributed by atoms with Crippen molar-refractivity contribution in [3.8, 4) is 22.3 Å². The van der Waals surface area contributed by atoms with E-state index in [0.29, 0.717) is 0 Å². The molecule has 0 radical (unpaired) electrons. The number of allylic oxidation sites excluding steroid dienone is 2. The minimum absolute atomic E-state index is 0.169. The molecule has 0 nitrogen and oxygen atoms in total. The van der Waals surface area contributed by atoms with Crippen molar-refractivity contribution in [3.05, 3.63) is 87.5 Å². The van der Waals surface area contributed by atoms with Crippen LogP contribution in [0.25, 0.3) is 27.8 Å². The summed E-state index contributed by atoms with van der Waals surface area (Å²) in [6.45, 7) is 18.2. The first kappa shape index (κ1) is 20.7. The van der Waals surface area contributed by atoms with E-state index in [1.807, 2.05) is 0 Å². The van der Waals surface area contributed by atoms with Crippen LogP contribution in [-0.2, 0) is 6.42 Å². The van der Waals surface area contributed by atoms with E-state index in [2.05, 4.69) is 104 Å². The Morgan fingerprint density at radius 2 is 1.03 bits per heavy atom. The van der Waals surface area contributed by atoms with Crippen LogP contribution in [0.1, 0.15) is 61.1 Å². The minimum atomic E-state index is 0.169. The van der Waals surface area contributed by atoms with Gasteiger partial charge in [0.05, 0.1) is 0 Å². The van der Waals surface area contributed by atoms with Gasteiger partial charge in [0.15, 0.2) is 0 Å². The van der Waals surface area contributed by atoms with Gasteiger partial charge in [-0.3, -0.25) is 0 Å². The van der Waals surface area contributed by atoms with Crippen LogP contribution in [0.2, 0.25) is 0 Å². The molecular formula is C30H34. The maximum absolute atomic E-state index is 2.36. The predicted octanol–water partition coefficient (Wildman–Crippen LogP) is 8.63. The number of hydrogen-bond acceptors (Lipinski definition) is 0. The van der Waals surface area contributed by atoms with Gasteiger partial charge in [-0.05, 0) is 85.4 Å². The van der Waals surface area contributed by atoms with Crippen LogP contribution in [0.4, 0.5) is 0 Å². The summed E-state index contributed by atoms with van der Waals surface area (Å²) >= 11 is 0. The lowest BCUT2D eigenvalue weighted by Gasteiger charge is -2.22. The van der Waals surface area contributed by atoms with Crippen molar-refractivity contribution in [3.63, 3.8) is 0 Å². The van der Waals surface area contributed by atoms with Crippen LogP contribution in [0.5, 0.6) is 0 Å². The molecule has 0 aromatic heterocycles. The molecule has 154 valence electrons. The molecule has 0 atom stereocenters. The maximum atomic E-state index is 2.36. The second-order valence-electron chi connectivity index (χ2n) is 10.3. The average Bonchev–Trinajstić information content (AvgIpc) is 2.97. The number of rotatable bonds is 2. The Balaban J connectivity index is 2.01. The molecule has 1 aliphatic carbocycles. The van der Waals surface area contributed by atoms with E-state index in [4.69, 9.17) is 0 Å². The molecule has 1 aliphatic rings. The highest BCUT2D eigenvalue weighted by atomic mass is 14.3. The average molecular weight is 395 g/mol. The summed E-state index contributed by atoms with van der Waals surface area (Å²) in [5, 5.41) is 0. The molecule has 0 heteroatoms. The minimum Gasteiger partial charge on any atom is -0.0569 e. The van der Waals surface area contributed by atoms with Crippen molar-refractivity contribution in [1.82, 2.24) is 0 Å². The second kappa shape index (κ2) is 7.27. The Labute approximate surface area is 182 Å². The fourth-order valence-corrected chi connectivity index (χ4v) is 5.32. The van der Waals surface area contributed by atoms with E-state index in [0.717, 1.165) is 6.42 Å². The zero-order valence-corrected chi connectivity index (χ0v) is 19.8. The second-order valence-corrected chi connectivity index (χ2v) is 10.3. The molecule has 0 heterocycles. The Morgan fingerprint density at radius 1 is 0.600 bits per heavy atom. The van der Waals surface area contributed by atoms with Crippen molar-refractivity contribution >= 4 is 5.57 Å². The Kier molecular flexibility index (Phi) is 5.01. The fraction of sp³-hybridized carbons (Fsp3) is 0.333. The molecule has 0 aliphatic heterocycles. The van der Waals surface area contributed by atoms with Gasteiger partial charge in [0.1, 0.15) is 0 Å². The van der Waals surface area contributed by atoms with E-state index >= 15 is 0 Å². The van der Waals surface area contributed by atoms with Gasteiger partial charge in [0.2, 0.25) is 0 Å². The van der Waals surface area contributed by atoms with Gasteiger partial charge in [-0.25, -0.2) is 0 Å². The van der Waals surface area contributed by atoms with Crippen LogP contribution >= 0.6 is 0 Å². The molecule has 0 saturated heterocycles. The Morgan fingerprint density at radius 3 is 1.50 bits per heavy atom. The highest BCUT2D eigenvalue weighted by molar-refractivity contribution is 5.92. The van der Waals surface area contributed by atoms with Gasteiger partial charge in [0, 0.05) is 0 Å². The first-order valence-electron chi connectivity index (χ1n) is 11.1. The largest absolute Gasteiger partial charge is 0.0569 e. The normalized spacial score (nSPS) is 13.7. The van der Waals surface area contributed by atoms with Gasteiger partial charge < -0.3 is 0 Å². The number of hydrogen-bond donors (Lipinski definition) is 0. The van der Waals surface area contributed by atoms with Gasteiger partial charge in [-0.15, -0.1) is 0 Å². The molecule has 0 N–H and O–H groups in total. The maximum Gasteiger partial charge on any atom is -0.00435 e. The molecule has 3 aromatic carbocycles. The molecule has 0 amide bonds. The topological polar surface area (TPSA) is 0 Å². The predicted molar refractivity (Wildman–Crippen MR) is 132 cm³/mol. The number of benzene rings is 3. The fourth-order valence-electron chi connectivity index (χ4n) is 5.32. The monoisotopic (exact) mass is 394 g/mol. The molecule has 4 rings (SSSR count). The third kappa shape index (κ3) is 3.65. The summed E-state index contributed by atoms with van der Waals surface area (Å²) in [5.41, 5.74) is 16.9. The Bertz CT molecular complexity index is 1140. The zero-order chi connectivity index (χ0) is 21.8. The molecule has 30 heavy (non-hydrogen) atoms. The van der Waals surface area contributed by atoms with Gasteiger partial charge in [-0.2, -0.15) is 0 Å². The number of aryl methyl sites for hydroxylation is 4. The number of fused-ring (bicyclic) bond motifs is 1. The summed E-state index contributed by atoms with van der Waals surface area (Å²) in [5.74, 6) is 0. The SMILES string of the molecule is CC1=C(C(C)(C)C)Cc2c(-c3cc(C)cc(C)c3)ccc(-c3cc(C)cc(C)c3)c21. The molecule has 0 bridgehead atoms. The van der Waals surface area contributed by atoms with Crippen molar-refractivity contribution < 1.29 is 0 Å². The first-order valence-corrected chi connectivity index (χ1v) is 11.1. The van der Waals surface area contributed by atoms with Crippen LogP contribution in [-0.4, -0.2) is 0 Å². The quantitative estimate of drug-likeness (QED) is 0.408. The first-order chi connectivity index (χ1) is 14.0. The van der Waals surface area contributed by atoms with Crippen LogP contribution < -0.4 is 0 Å². The lowest BCUT2D eigenvalue weighted by Crippen LogP contribution is -2.10. The standard InChI is InChI=1S/C30H34/c1-18-11-19(2)14-23(13-18)25-9-10-26(24-15-20(3)12-21(4)16-24)29-22(5)28(17-27(25)29)30(6,7)8/h9-16H,17H2,1-8H3. The van der Waals surface area contributed by atoms with Crippen LogP contribution in [0.15, 0.2) is 54.1 Å². The lowest BCUT2D eigenvalue weighted by atomic mass is 9.83. The summed E-state index contributed by atoms with van der Waals surface area (Å²) in [6, 6.07) is 18.6. The van der Waals surface area contributed by atoms with Crippen LogP contribution in [0.3, 0.4) is 0 Å². The zero-order valence-electron chi connectivity index (χ0n) is 19.8. The summed E-state index contributed by atoms with van der Waals surface area (Å²) < 4.78 is 0.